The van der Waals surface area contributed by atoms with Crippen LogP contribution in [0.1, 0.15) is 12.5 Å². The number of aliphatic imine (C=N–C) groups is 1. The smallest absolute Gasteiger partial charge is 0.264 e. The van der Waals surface area contributed by atoms with Gasteiger partial charge in [-0.05, 0) is 59.8 Å². The number of nitrogens with one attached hydrogen (secondary N) is 2. The van der Waals surface area contributed by atoms with Gasteiger partial charge in [-0.2, -0.15) is 0 Å². The number of carbonyl (C=O) groups excluding carboxylic acids is 2. The molecule has 0 bridgehead atoms. The summed E-state index contributed by atoms with van der Waals surface area (Å²) in [5.41, 5.74) is 3.46. The van der Waals surface area contributed by atoms with E-state index in [0.29, 0.717) is 21.4 Å². The number of carbonyl (C=O) groups is 2. The van der Waals surface area contributed by atoms with Gasteiger partial charge in [-0.15, -0.1) is 0 Å². The van der Waals surface area contributed by atoms with E-state index in [1.165, 1.54) is 18.7 Å². The first kappa shape index (κ1) is 18.7. The van der Waals surface area contributed by atoms with Crippen molar-refractivity contribution in [1.82, 2.24) is 5.32 Å². The summed E-state index contributed by atoms with van der Waals surface area (Å²) in [6, 6.07) is 15.1. The van der Waals surface area contributed by atoms with Crippen LogP contribution in [0.25, 0.3) is 6.08 Å². The molecule has 2 N–H and O–H groups in total. The number of hydrogen-bond donors (Lipinski definition) is 2. The summed E-state index contributed by atoms with van der Waals surface area (Å²) in [7, 11) is 3.97. The standard InChI is InChI=1S/C20H20N4O2S/c1-13(25)21-15-6-8-16(9-7-15)22-20-23-19(26)18(27-20)12-14-4-10-17(11-5-14)24(2)3/h4-12H,1-3H3,(H,21,25)(H,22,23,26). The molecule has 1 saturated heterocycles. The van der Waals surface area contributed by atoms with Gasteiger partial charge >= 0.3 is 0 Å². The Labute approximate surface area is 162 Å². The molecule has 27 heavy (non-hydrogen) atoms. The molecular weight excluding hydrogens is 360 g/mol. The van der Waals surface area contributed by atoms with Crippen LogP contribution in [0.5, 0.6) is 0 Å². The Morgan fingerprint density at radius 2 is 1.78 bits per heavy atom. The SMILES string of the molecule is CC(=O)Nc1ccc(N=C2NC(=O)C(=Cc3ccc(N(C)C)cc3)S2)cc1. The monoisotopic (exact) mass is 380 g/mol. The minimum Gasteiger partial charge on any atom is -0.378 e. The van der Waals surface area contributed by atoms with Crippen molar-refractivity contribution in [2.45, 2.75) is 6.92 Å². The molecule has 1 fully saturated rings. The first-order valence-corrected chi connectivity index (χ1v) is 9.17. The van der Waals surface area contributed by atoms with Crippen LogP contribution < -0.4 is 15.5 Å². The highest BCUT2D eigenvalue weighted by atomic mass is 32.2. The summed E-state index contributed by atoms with van der Waals surface area (Å²) < 4.78 is 0. The molecule has 1 aliphatic heterocycles. The van der Waals surface area contributed by atoms with Gasteiger partial charge in [-0.3, -0.25) is 9.59 Å². The number of rotatable bonds is 4. The molecular formula is C20H20N4O2S. The minimum absolute atomic E-state index is 0.124. The molecule has 3 rings (SSSR count). The van der Waals surface area contributed by atoms with Crippen molar-refractivity contribution < 1.29 is 9.59 Å². The lowest BCUT2D eigenvalue weighted by Gasteiger charge is -2.11. The number of amides is 2. The average Bonchev–Trinajstić information content (AvgIpc) is 2.96. The van der Waals surface area contributed by atoms with Gasteiger partial charge in [0.2, 0.25) is 5.91 Å². The molecule has 7 heteroatoms. The molecule has 0 atom stereocenters. The van der Waals surface area contributed by atoms with E-state index in [-0.39, 0.29) is 11.8 Å². The highest BCUT2D eigenvalue weighted by Crippen LogP contribution is 2.28. The Hall–Kier alpha value is -3.06. The Bertz CT molecular complexity index is 916. The van der Waals surface area contributed by atoms with Gasteiger partial charge in [-0.25, -0.2) is 4.99 Å². The maximum absolute atomic E-state index is 12.2. The van der Waals surface area contributed by atoms with Crippen molar-refractivity contribution in [1.29, 1.82) is 0 Å². The summed E-state index contributed by atoms with van der Waals surface area (Å²) in [5.74, 6) is -0.286. The second kappa shape index (κ2) is 8.09. The molecule has 0 radical (unpaired) electrons. The van der Waals surface area contributed by atoms with Gasteiger partial charge in [0.05, 0.1) is 10.6 Å². The highest BCUT2D eigenvalue weighted by Gasteiger charge is 2.23. The second-order valence-electron chi connectivity index (χ2n) is 6.20. The summed E-state index contributed by atoms with van der Waals surface area (Å²) in [4.78, 5) is 30.3. The van der Waals surface area contributed by atoms with E-state index >= 15 is 0 Å². The maximum Gasteiger partial charge on any atom is 0.264 e. The van der Waals surface area contributed by atoms with Crippen molar-refractivity contribution in [2.24, 2.45) is 4.99 Å². The third kappa shape index (κ3) is 4.98. The van der Waals surface area contributed by atoms with Crippen LogP contribution in [-0.2, 0) is 9.59 Å². The van der Waals surface area contributed by atoms with E-state index in [4.69, 9.17) is 0 Å². The second-order valence-corrected chi connectivity index (χ2v) is 7.23. The van der Waals surface area contributed by atoms with Crippen molar-refractivity contribution >= 4 is 51.9 Å². The molecule has 6 nitrogen and oxygen atoms in total. The predicted molar refractivity (Wildman–Crippen MR) is 112 cm³/mol. The van der Waals surface area contributed by atoms with Crippen LogP contribution in [-0.4, -0.2) is 31.1 Å². The normalized spacial score (nSPS) is 16.5. The molecule has 0 spiro atoms. The molecule has 138 valence electrons. The topological polar surface area (TPSA) is 73.8 Å². The van der Waals surface area contributed by atoms with E-state index in [2.05, 4.69) is 15.6 Å². The number of amidine groups is 1. The fourth-order valence-corrected chi connectivity index (χ4v) is 3.28. The van der Waals surface area contributed by atoms with Crippen LogP contribution in [0.2, 0.25) is 0 Å². The zero-order chi connectivity index (χ0) is 19.4. The van der Waals surface area contributed by atoms with E-state index in [9.17, 15) is 9.59 Å². The van der Waals surface area contributed by atoms with E-state index in [1.807, 2.05) is 49.3 Å². The van der Waals surface area contributed by atoms with Gasteiger partial charge in [0.25, 0.3) is 5.91 Å². The molecule has 0 aliphatic carbocycles. The van der Waals surface area contributed by atoms with Crippen LogP contribution in [0.3, 0.4) is 0 Å². The summed E-state index contributed by atoms with van der Waals surface area (Å²) in [6.45, 7) is 1.46. The zero-order valence-corrected chi connectivity index (χ0v) is 16.1. The molecule has 1 aliphatic rings. The Kier molecular flexibility index (Phi) is 5.61. The van der Waals surface area contributed by atoms with Crippen molar-refractivity contribution in [3.63, 3.8) is 0 Å². The molecule has 2 aromatic carbocycles. The molecule has 2 aromatic rings. The van der Waals surface area contributed by atoms with E-state index in [1.54, 1.807) is 24.3 Å². The van der Waals surface area contributed by atoms with Gasteiger partial charge in [0.15, 0.2) is 5.17 Å². The number of anilines is 2. The Morgan fingerprint density at radius 1 is 1.11 bits per heavy atom. The lowest BCUT2D eigenvalue weighted by Crippen LogP contribution is -2.19. The van der Waals surface area contributed by atoms with E-state index in [0.717, 1.165) is 11.3 Å². The molecule has 0 saturated carbocycles. The van der Waals surface area contributed by atoms with Gasteiger partial charge in [-0.1, -0.05) is 12.1 Å². The third-order valence-electron chi connectivity index (χ3n) is 3.78. The first-order chi connectivity index (χ1) is 12.9. The largest absolute Gasteiger partial charge is 0.378 e. The highest BCUT2D eigenvalue weighted by molar-refractivity contribution is 8.18. The maximum atomic E-state index is 12.2. The first-order valence-electron chi connectivity index (χ1n) is 8.35. The lowest BCUT2D eigenvalue weighted by molar-refractivity contribution is -0.115. The zero-order valence-electron chi connectivity index (χ0n) is 15.3. The number of hydrogen-bond acceptors (Lipinski definition) is 5. The molecule has 0 aromatic heterocycles. The molecule has 2 amide bonds. The summed E-state index contributed by atoms with van der Waals surface area (Å²) in [6.07, 6.45) is 1.85. The number of nitrogens with zero attached hydrogens (tertiary/aromatic N) is 2. The van der Waals surface area contributed by atoms with Crippen molar-refractivity contribution in [3.8, 4) is 0 Å². The van der Waals surface area contributed by atoms with Crippen molar-refractivity contribution in [2.75, 3.05) is 24.3 Å². The predicted octanol–water partition coefficient (Wildman–Crippen LogP) is 3.60. The van der Waals surface area contributed by atoms with Crippen molar-refractivity contribution in [3.05, 3.63) is 59.0 Å². The van der Waals surface area contributed by atoms with E-state index < -0.39 is 0 Å². The van der Waals surface area contributed by atoms with Gasteiger partial charge in [0, 0.05) is 32.4 Å². The van der Waals surface area contributed by atoms with Gasteiger partial charge < -0.3 is 15.5 Å². The average molecular weight is 380 g/mol. The lowest BCUT2D eigenvalue weighted by atomic mass is 10.2. The minimum atomic E-state index is -0.162. The number of benzene rings is 2. The fraction of sp³-hybridized carbons (Fsp3) is 0.150. The third-order valence-corrected chi connectivity index (χ3v) is 4.69. The summed E-state index contributed by atoms with van der Waals surface area (Å²) >= 11 is 1.30. The Morgan fingerprint density at radius 3 is 2.37 bits per heavy atom. The molecule has 1 heterocycles. The van der Waals surface area contributed by atoms with Crippen LogP contribution in [0, 0.1) is 0 Å². The summed E-state index contributed by atoms with van der Waals surface area (Å²) in [5, 5.41) is 6.01. The quantitative estimate of drug-likeness (QED) is 0.795. The number of thioether (sulfide) groups is 1. The van der Waals surface area contributed by atoms with Gasteiger partial charge in [0.1, 0.15) is 0 Å². The van der Waals surface area contributed by atoms with Crippen LogP contribution in [0.4, 0.5) is 17.1 Å². The van der Waals surface area contributed by atoms with Crippen LogP contribution >= 0.6 is 11.8 Å². The Balaban J connectivity index is 1.72. The molecule has 0 unspecified atom stereocenters. The fourth-order valence-electron chi connectivity index (χ4n) is 2.44. The van der Waals surface area contributed by atoms with Crippen LogP contribution in [0.15, 0.2) is 58.4 Å².